The quantitative estimate of drug-likeness (QED) is 0.204. The first kappa shape index (κ1) is 31.9. The summed E-state index contributed by atoms with van der Waals surface area (Å²) in [6.07, 6.45) is 7.87. The molecule has 0 radical (unpaired) electrons. The molecule has 13 heteroatoms. The number of phenols is 1. The third-order valence-corrected chi connectivity index (χ3v) is 10.2. The maximum Gasteiger partial charge on any atom is 0.319 e. The van der Waals surface area contributed by atoms with Crippen LogP contribution >= 0.6 is 0 Å². The smallest absolute Gasteiger partial charge is 0.319 e. The molecule has 3 aromatic heterocycles. The number of alkyl halides is 1. The number of terminal acetylenes is 1. The molecule has 256 valence electrons. The van der Waals surface area contributed by atoms with Crippen LogP contribution in [0.1, 0.15) is 50.3 Å². The van der Waals surface area contributed by atoms with Gasteiger partial charge in [0.1, 0.15) is 58.7 Å². The molecule has 4 atom stereocenters. The standard InChI is InChI=1S/C37H34F3N7O3/c1-4-24-27(39)9-8-21-13-23(48)14-26(28(21)24)31-30(40)32-29-34(45-36(44-32)49-18-37-10-6-12-46(37)17-22(38)15-37)47(16-19(2)50-35(29)43-31)20(3)25-7-5-11-42-33(25)41/h1,5,7-9,11,13-14,19-20,22,48H,6,10,12,15-18H2,2-3H3,(H2,41,42)/t19-,20?,22+,37-/m0/s1. The van der Waals surface area contributed by atoms with Gasteiger partial charge in [-0.2, -0.15) is 9.97 Å². The van der Waals surface area contributed by atoms with Crippen LogP contribution in [0.25, 0.3) is 32.9 Å². The first-order valence-electron chi connectivity index (χ1n) is 16.6. The molecule has 3 aliphatic heterocycles. The van der Waals surface area contributed by atoms with E-state index in [9.17, 15) is 9.50 Å². The molecule has 0 bridgehead atoms. The van der Waals surface area contributed by atoms with E-state index < -0.39 is 35.5 Å². The monoisotopic (exact) mass is 681 g/mol. The highest BCUT2D eigenvalue weighted by molar-refractivity contribution is 6.04. The number of anilines is 2. The Balaban J connectivity index is 1.36. The molecule has 3 N–H and O–H groups in total. The van der Waals surface area contributed by atoms with Gasteiger partial charge in [0.2, 0.25) is 5.88 Å². The minimum atomic E-state index is -0.968. The van der Waals surface area contributed by atoms with Crippen molar-refractivity contribution in [3.8, 4) is 41.2 Å². The Hall–Kier alpha value is -5.35. The Labute approximate surface area is 286 Å². The van der Waals surface area contributed by atoms with Gasteiger partial charge in [0.05, 0.1) is 23.7 Å². The molecule has 5 aromatic rings. The fraction of sp³-hybridized carbons (Fsp3) is 0.351. The van der Waals surface area contributed by atoms with Gasteiger partial charge in [0.25, 0.3) is 0 Å². The number of aromatic hydroxyl groups is 1. The van der Waals surface area contributed by atoms with Crippen LogP contribution in [0.5, 0.6) is 17.6 Å². The van der Waals surface area contributed by atoms with Crippen LogP contribution in [-0.2, 0) is 0 Å². The first-order valence-corrected chi connectivity index (χ1v) is 16.6. The van der Waals surface area contributed by atoms with Crippen molar-refractivity contribution >= 4 is 33.3 Å². The Bertz CT molecular complexity index is 2230. The highest BCUT2D eigenvalue weighted by atomic mass is 19.1. The normalized spacial score (nSPS) is 22.3. The summed E-state index contributed by atoms with van der Waals surface area (Å²) in [5.41, 5.74) is 6.04. The summed E-state index contributed by atoms with van der Waals surface area (Å²) in [6, 6.07) is 8.47. The average molecular weight is 682 g/mol. The van der Waals surface area contributed by atoms with Crippen LogP contribution in [0.3, 0.4) is 0 Å². The third-order valence-electron chi connectivity index (χ3n) is 10.2. The number of benzene rings is 2. The molecule has 0 aliphatic carbocycles. The van der Waals surface area contributed by atoms with Crippen molar-refractivity contribution in [3.63, 3.8) is 0 Å². The summed E-state index contributed by atoms with van der Waals surface area (Å²) in [7, 11) is 0. The van der Waals surface area contributed by atoms with Crippen molar-refractivity contribution in [2.75, 3.05) is 36.9 Å². The van der Waals surface area contributed by atoms with Gasteiger partial charge < -0.3 is 25.2 Å². The number of aromatic nitrogens is 4. The van der Waals surface area contributed by atoms with Gasteiger partial charge in [0, 0.05) is 35.7 Å². The lowest BCUT2D eigenvalue weighted by Crippen LogP contribution is -2.43. The largest absolute Gasteiger partial charge is 0.508 e. The fourth-order valence-corrected chi connectivity index (χ4v) is 7.92. The van der Waals surface area contributed by atoms with E-state index in [-0.39, 0.29) is 63.9 Å². The molecule has 2 saturated heterocycles. The predicted molar refractivity (Wildman–Crippen MR) is 183 cm³/mol. The van der Waals surface area contributed by atoms with Gasteiger partial charge >= 0.3 is 6.01 Å². The van der Waals surface area contributed by atoms with Crippen molar-refractivity contribution in [1.82, 2.24) is 24.8 Å². The van der Waals surface area contributed by atoms with E-state index in [0.29, 0.717) is 30.0 Å². The van der Waals surface area contributed by atoms with E-state index in [2.05, 4.69) is 25.8 Å². The molecule has 10 nitrogen and oxygen atoms in total. The summed E-state index contributed by atoms with van der Waals surface area (Å²) < 4.78 is 59.5. The zero-order valence-corrected chi connectivity index (χ0v) is 27.5. The van der Waals surface area contributed by atoms with Crippen LogP contribution in [0.4, 0.5) is 24.8 Å². The number of phenolic OH excluding ortho intramolecular Hbond substituents is 1. The lowest BCUT2D eigenvalue weighted by Gasteiger charge is -2.32. The first-order chi connectivity index (χ1) is 24.1. The Kier molecular flexibility index (Phi) is 7.60. The topological polar surface area (TPSA) is 123 Å². The van der Waals surface area contributed by atoms with E-state index in [4.69, 9.17) is 26.6 Å². The lowest BCUT2D eigenvalue weighted by molar-refractivity contribution is 0.107. The predicted octanol–water partition coefficient (Wildman–Crippen LogP) is 6.09. The van der Waals surface area contributed by atoms with Crippen LogP contribution in [0, 0.1) is 24.0 Å². The van der Waals surface area contributed by atoms with E-state index in [1.807, 2.05) is 24.8 Å². The minimum absolute atomic E-state index is 0.0334. The molecule has 0 spiro atoms. The van der Waals surface area contributed by atoms with Gasteiger partial charge in [-0.1, -0.05) is 18.1 Å². The van der Waals surface area contributed by atoms with E-state index in [0.717, 1.165) is 24.9 Å². The van der Waals surface area contributed by atoms with Gasteiger partial charge in [-0.3, -0.25) is 4.90 Å². The second kappa shape index (κ2) is 11.9. The second-order valence-electron chi connectivity index (χ2n) is 13.4. The maximum atomic E-state index is 17.2. The number of pyridine rings is 2. The number of nitrogens with zero attached hydrogens (tertiary/aromatic N) is 6. The minimum Gasteiger partial charge on any atom is -0.508 e. The average Bonchev–Trinajstić information content (AvgIpc) is 3.57. The summed E-state index contributed by atoms with van der Waals surface area (Å²) in [4.78, 5) is 22.4. The van der Waals surface area contributed by atoms with E-state index in [1.165, 1.54) is 24.3 Å². The fourth-order valence-electron chi connectivity index (χ4n) is 7.92. The van der Waals surface area contributed by atoms with Gasteiger partial charge in [-0.05, 0) is 62.9 Å². The Morgan fingerprint density at radius 2 is 2.02 bits per heavy atom. The molecule has 6 heterocycles. The van der Waals surface area contributed by atoms with Crippen molar-refractivity contribution in [2.45, 2.75) is 57.0 Å². The number of halogens is 3. The molecule has 3 aliphatic rings. The number of rotatable bonds is 6. The van der Waals surface area contributed by atoms with Gasteiger partial charge in [-0.15, -0.1) is 6.42 Å². The van der Waals surface area contributed by atoms with Crippen molar-refractivity contribution < 1.29 is 27.8 Å². The van der Waals surface area contributed by atoms with Crippen LogP contribution in [-0.4, -0.2) is 74.0 Å². The number of nitrogen functional groups attached to an aromatic ring is 1. The Morgan fingerprint density at radius 3 is 2.82 bits per heavy atom. The van der Waals surface area contributed by atoms with Crippen LogP contribution in [0.2, 0.25) is 0 Å². The van der Waals surface area contributed by atoms with Crippen molar-refractivity contribution in [3.05, 3.63) is 65.4 Å². The molecular formula is C37H34F3N7O3. The number of hydrogen-bond donors (Lipinski definition) is 2. The number of ether oxygens (including phenoxy) is 2. The van der Waals surface area contributed by atoms with E-state index in [1.54, 1.807) is 12.3 Å². The highest BCUT2D eigenvalue weighted by Crippen LogP contribution is 2.46. The Morgan fingerprint density at radius 1 is 1.18 bits per heavy atom. The SMILES string of the molecule is C#Cc1c(F)ccc2cc(O)cc(-c3nc4c5c(nc(OC[C@@]67CCCN6C[C@H](F)C7)nc5c3F)N(C(C)c3cccnc3N)C[C@H](C)O4)c12. The zero-order valence-electron chi connectivity index (χ0n) is 27.5. The molecule has 50 heavy (non-hydrogen) atoms. The van der Waals surface area contributed by atoms with E-state index >= 15 is 8.78 Å². The molecule has 8 rings (SSSR count). The third kappa shape index (κ3) is 5.08. The molecule has 1 unspecified atom stereocenters. The highest BCUT2D eigenvalue weighted by Gasteiger charge is 2.49. The summed E-state index contributed by atoms with van der Waals surface area (Å²) >= 11 is 0. The molecule has 2 fully saturated rings. The van der Waals surface area contributed by atoms with Gasteiger partial charge in [0.15, 0.2) is 5.82 Å². The number of hydrogen-bond acceptors (Lipinski definition) is 10. The molecular weight excluding hydrogens is 647 g/mol. The zero-order chi connectivity index (χ0) is 34.9. The number of nitrogens with two attached hydrogens (primary N) is 1. The lowest BCUT2D eigenvalue weighted by atomic mass is 9.95. The second-order valence-corrected chi connectivity index (χ2v) is 13.4. The maximum absolute atomic E-state index is 17.2. The van der Waals surface area contributed by atoms with Crippen molar-refractivity contribution in [2.24, 2.45) is 0 Å². The summed E-state index contributed by atoms with van der Waals surface area (Å²) in [5, 5.41) is 11.5. The molecule has 0 saturated carbocycles. The van der Waals surface area contributed by atoms with Crippen LogP contribution in [0.15, 0.2) is 42.6 Å². The van der Waals surface area contributed by atoms with Gasteiger partial charge in [-0.25, -0.2) is 23.1 Å². The van der Waals surface area contributed by atoms with Crippen molar-refractivity contribution in [1.29, 1.82) is 0 Å². The van der Waals surface area contributed by atoms with Crippen LogP contribution < -0.4 is 20.1 Å². The number of fused-ring (bicyclic) bond motifs is 2. The molecule has 2 aromatic carbocycles. The summed E-state index contributed by atoms with van der Waals surface area (Å²) in [6.45, 7) is 5.29. The summed E-state index contributed by atoms with van der Waals surface area (Å²) in [5.74, 6) is 1.26. The molecule has 0 amide bonds.